The van der Waals surface area contributed by atoms with Crippen LogP contribution in [0.3, 0.4) is 0 Å². The predicted octanol–water partition coefficient (Wildman–Crippen LogP) is 1.98. The molecule has 0 saturated heterocycles. The van der Waals surface area contributed by atoms with Gasteiger partial charge in [-0.15, -0.1) is 11.3 Å². The molecule has 2 aromatic rings. The zero-order valence-corrected chi connectivity index (χ0v) is 14.0. The van der Waals surface area contributed by atoms with Gasteiger partial charge in [-0.2, -0.15) is 0 Å². The number of carbonyl (C=O) groups excluding carboxylic acids is 1. The molecule has 0 bridgehead atoms. The molecule has 1 aromatic carbocycles. The highest BCUT2D eigenvalue weighted by Gasteiger charge is 2.09. The normalized spacial score (nSPS) is 10.2. The molecule has 0 unspecified atom stereocenters. The maximum absolute atomic E-state index is 11.7. The second-order valence-electron chi connectivity index (χ2n) is 4.72. The van der Waals surface area contributed by atoms with Crippen molar-refractivity contribution in [2.24, 2.45) is 0 Å². The van der Waals surface area contributed by atoms with Crippen LogP contribution in [0, 0.1) is 0 Å². The summed E-state index contributed by atoms with van der Waals surface area (Å²) < 4.78 is 10.7. The van der Waals surface area contributed by atoms with Crippen LogP contribution < -0.4 is 14.8 Å². The number of thiazole rings is 1. The fraction of sp³-hybridized carbons (Fsp3) is 0.312. The van der Waals surface area contributed by atoms with Crippen LogP contribution >= 0.6 is 11.3 Å². The minimum Gasteiger partial charge on any atom is -0.494 e. The molecular weight excluding hydrogens is 332 g/mol. The van der Waals surface area contributed by atoms with E-state index in [-0.39, 0.29) is 18.2 Å². The summed E-state index contributed by atoms with van der Waals surface area (Å²) in [6, 6.07) is 7.03. The number of benzene rings is 1. The highest BCUT2D eigenvalue weighted by atomic mass is 32.1. The SMILES string of the molecule is CCOc1ccc(OCC(=O)NCCc2nc(C(=O)O)cs2)cc1. The monoisotopic (exact) mass is 350 g/mol. The molecule has 24 heavy (non-hydrogen) atoms. The van der Waals surface area contributed by atoms with E-state index in [1.165, 1.54) is 16.7 Å². The third kappa shape index (κ3) is 5.54. The van der Waals surface area contributed by atoms with Crippen LogP contribution in [0.5, 0.6) is 11.5 Å². The van der Waals surface area contributed by atoms with Gasteiger partial charge in [0.05, 0.1) is 11.6 Å². The number of aromatic nitrogens is 1. The van der Waals surface area contributed by atoms with Gasteiger partial charge in [-0.25, -0.2) is 9.78 Å². The van der Waals surface area contributed by atoms with E-state index in [0.717, 1.165) is 5.75 Å². The highest BCUT2D eigenvalue weighted by molar-refractivity contribution is 7.09. The first-order chi connectivity index (χ1) is 11.6. The van der Waals surface area contributed by atoms with Crippen LogP contribution in [0.4, 0.5) is 0 Å². The molecule has 2 rings (SSSR count). The molecule has 0 aliphatic carbocycles. The molecular formula is C16H18N2O5S. The molecule has 1 aromatic heterocycles. The Kier molecular flexibility index (Phi) is 6.56. The number of carboxylic acid groups (broad SMARTS) is 1. The zero-order valence-electron chi connectivity index (χ0n) is 13.2. The van der Waals surface area contributed by atoms with Gasteiger partial charge in [0, 0.05) is 18.3 Å². The molecule has 0 fully saturated rings. The van der Waals surface area contributed by atoms with Crippen molar-refractivity contribution in [3.05, 3.63) is 40.3 Å². The smallest absolute Gasteiger partial charge is 0.355 e. The van der Waals surface area contributed by atoms with Crippen molar-refractivity contribution in [2.45, 2.75) is 13.3 Å². The second-order valence-corrected chi connectivity index (χ2v) is 5.67. The zero-order chi connectivity index (χ0) is 17.4. The predicted molar refractivity (Wildman–Crippen MR) is 88.9 cm³/mol. The average Bonchev–Trinajstić information content (AvgIpc) is 3.04. The number of amides is 1. The number of nitrogens with one attached hydrogen (secondary N) is 1. The number of aromatic carboxylic acids is 1. The molecule has 0 saturated carbocycles. The van der Waals surface area contributed by atoms with Crippen LogP contribution in [-0.2, 0) is 11.2 Å². The van der Waals surface area contributed by atoms with Crippen LogP contribution in [0.1, 0.15) is 22.4 Å². The quantitative estimate of drug-likeness (QED) is 0.718. The molecule has 128 valence electrons. The van der Waals surface area contributed by atoms with Gasteiger partial charge in [0.25, 0.3) is 5.91 Å². The molecule has 1 heterocycles. The molecule has 0 atom stereocenters. The maximum Gasteiger partial charge on any atom is 0.355 e. The lowest BCUT2D eigenvalue weighted by molar-refractivity contribution is -0.123. The first kappa shape index (κ1) is 17.7. The van der Waals surface area contributed by atoms with Crippen LogP contribution in [0.25, 0.3) is 0 Å². The first-order valence-electron chi connectivity index (χ1n) is 7.38. The summed E-state index contributed by atoms with van der Waals surface area (Å²) in [6.07, 6.45) is 0.479. The molecule has 1 amide bonds. The molecule has 0 spiro atoms. The van der Waals surface area contributed by atoms with Crippen molar-refractivity contribution in [1.29, 1.82) is 0 Å². The van der Waals surface area contributed by atoms with Gasteiger partial charge in [-0.1, -0.05) is 0 Å². The van der Waals surface area contributed by atoms with E-state index in [9.17, 15) is 9.59 Å². The van der Waals surface area contributed by atoms with Crippen molar-refractivity contribution < 1.29 is 24.2 Å². The van der Waals surface area contributed by atoms with Gasteiger partial charge >= 0.3 is 5.97 Å². The summed E-state index contributed by atoms with van der Waals surface area (Å²) in [4.78, 5) is 26.4. The molecule has 0 aliphatic rings. The third-order valence-corrected chi connectivity index (χ3v) is 3.85. The largest absolute Gasteiger partial charge is 0.494 e. The Bertz CT molecular complexity index is 684. The number of carboxylic acids is 1. The fourth-order valence-electron chi connectivity index (χ4n) is 1.83. The Morgan fingerprint density at radius 2 is 1.88 bits per heavy atom. The van der Waals surface area contributed by atoms with E-state index in [4.69, 9.17) is 14.6 Å². The van der Waals surface area contributed by atoms with Gasteiger partial charge in [-0.05, 0) is 31.2 Å². The summed E-state index contributed by atoms with van der Waals surface area (Å²) >= 11 is 1.26. The Morgan fingerprint density at radius 1 is 1.21 bits per heavy atom. The maximum atomic E-state index is 11.7. The summed E-state index contributed by atoms with van der Waals surface area (Å²) in [7, 11) is 0. The van der Waals surface area contributed by atoms with Crippen LogP contribution in [-0.4, -0.2) is 41.7 Å². The lowest BCUT2D eigenvalue weighted by Crippen LogP contribution is -2.30. The molecule has 0 radical (unpaired) electrons. The molecule has 0 aliphatic heterocycles. The van der Waals surface area contributed by atoms with E-state index in [1.807, 2.05) is 6.92 Å². The number of hydrogen-bond acceptors (Lipinski definition) is 6. The topological polar surface area (TPSA) is 97.8 Å². The average molecular weight is 350 g/mol. The van der Waals surface area contributed by atoms with Crippen molar-refractivity contribution in [3.63, 3.8) is 0 Å². The Balaban J connectivity index is 1.68. The van der Waals surface area contributed by atoms with Gasteiger partial charge in [0.15, 0.2) is 12.3 Å². The molecule has 7 nitrogen and oxygen atoms in total. The number of carbonyl (C=O) groups is 2. The van der Waals surface area contributed by atoms with Crippen LogP contribution in [0.15, 0.2) is 29.6 Å². The Morgan fingerprint density at radius 3 is 2.46 bits per heavy atom. The lowest BCUT2D eigenvalue weighted by atomic mass is 10.3. The van der Waals surface area contributed by atoms with Crippen molar-refractivity contribution in [3.8, 4) is 11.5 Å². The highest BCUT2D eigenvalue weighted by Crippen LogP contribution is 2.17. The van der Waals surface area contributed by atoms with Crippen LogP contribution in [0.2, 0.25) is 0 Å². The Hall–Kier alpha value is -2.61. The minimum atomic E-state index is -1.05. The van der Waals surface area contributed by atoms with Gasteiger partial charge in [-0.3, -0.25) is 4.79 Å². The summed E-state index contributed by atoms with van der Waals surface area (Å²) in [6.45, 7) is 2.78. The van der Waals surface area contributed by atoms with E-state index in [2.05, 4.69) is 10.3 Å². The second kappa shape index (κ2) is 8.88. The fourth-order valence-corrected chi connectivity index (χ4v) is 2.60. The van der Waals surface area contributed by atoms with Crippen molar-refractivity contribution in [2.75, 3.05) is 19.8 Å². The molecule has 8 heteroatoms. The number of hydrogen-bond donors (Lipinski definition) is 2. The first-order valence-corrected chi connectivity index (χ1v) is 8.26. The van der Waals surface area contributed by atoms with E-state index < -0.39 is 5.97 Å². The lowest BCUT2D eigenvalue weighted by Gasteiger charge is -2.08. The van der Waals surface area contributed by atoms with Gasteiger partial charge in [0.1, 0.15) is 11.5 Å². The minimum absolute atomic E-state index is 0.0279. The third-order valence-electron chi connectivity index (χ3n) is 2.94. The van der Waals surface area contributed by atoms with Gasteiger partial charge < -0.3 is 19.9 Å². The Labute approximate surface area is 143 Å². The molecule has 2 N–H and O–H groups in total. The van der Waals surface area contributed by atoms with Gasteiger partial charge in [0.2, 0.25) is 0 Å². The van der Waals surface area contributed by atoms with Crippen molar-refractivity contribution in [1.82, 2.24) is 10.3 Å². The summed E-state index contributed by atoms with van der Waals surface area (Å²) in [5.41, 5.74) is 0.0279. The van der Waals surface area contributed by atoms with Crippen molar-refractivity contribution >= 4 is 23.2 Å². The number of rotatable bonds is 9. The van der Waals surface area contributed by atoms with E-state index in [1.54, 1.807) is 24.3 Å². The number of ether oxygens (including phenoxy) is 2. The van der Waals surface area contributed by atoms with E-state index in [0.29, 0.717) is 30.3 Å². The summed E-state index contributed by atoms with van der Waals surface area (Å²) in [5, 5.41) is 13.6. The summed E-state index contributed by atoms with van der Waals surface area (Å²) in [5.74, 6) is 0.0299. The van der Waals surface area contributed by atoms with E-state index >= 15 is 0 Å². The number of nitrogens with zero attached hydrogens (tertiary/aromatic N) is 1. The standard InChI is InChI=1S/C16H18N2O5S/c1-2-22-11-3-5-12(6-4-11)23-9-14(19)17-8-7-15-18-13(10-24-15)16(20)21/h3-6,10H,2,7-9H2,1H3,(H,17,19)(H,20,21).